The summed E-state index contributed by atoms with van der Waals surface area (Å²) >= 11 is 0. The third-order valence-corrected chi connectivity index (χ3v) is 2.12. The zero-order valence-corrected chi connectivity index (χ0v) is 9.86. The summed E-state index contributed by atoms with van der Waals surface area (Å²) in [6.45, 7) is -0.620. The van der Waals surface area contributed by atoms with Gasteiger partial charge in [-0.2, -0.15) is 0 Å². The molecule has 11 heavy (non-hydrogen) atoms. The predicted octanol–water partition coefficient (Wildman–Crippen LogP) is 0.380. The molecule has 0 amide bonds. The van der Waals surface area contributed by atoms with Crippen LogP contribution in [0.4, 0.5) is 0 Å². The molecule has 1 aliphatic heterocycles. The Kier molecular flexibility index (Phi) is 7.58. The fourth-order valence-electron chi connectivity index (χ4n) is 0.335. The molecule has 0 bridgehead atoms. The van der Waals surface area contributed by atoms with Gasteiger partial charge in [0.25, 0.3) is 0 Å². The average Bonchev–Trinajstić information content (AvgIpc) is 1.84. The van der Waals surface area contributed by atoms with E-state index in [9.17, 15) is 9.13 Å². The van der Waals surface area contributed by atoms with Crippen molar-refractivity contribution in [3.63, 3.8) is 0 Å². The second kappa shape index (κ2) is 6.78. The fourth-order valence-corrected chi connectivity index (χ4v) is 1.36. The Balaban J connectivity index is 0.000001000. The summed E-state index contributed by atoms with van der Waals surface area (Å²) in [7, 11) is -5.00. The Morgan fingerprint density at radius 3 is 1.36 bits per heavy atom. The van der Waals surface area contributed by atoms with E-state index in [-0.39, 0.29) is 43.1 Å². The van der Waals surface area contributed by atoms with Gasteiger partial charge in [-0.1, -0.05) is 0 Å². The molecule has 61 valence electrons. The molecule has 0 aromatic heterocycles. The largest absolute Gasteiger partial charge is 0.323 e. The Morgan fingerprint density at radius 2 is 1.09 bits per heavy atom. The molecule has 0 saturated carbocycles. The van der Waals surface area contributed by atoms with Gasteiger partial charge in [0.2, 0.25) is 0 Å². The fraction of sp³-hybridized carbons (Fsp3) is 1.00. The molecule has 0 aliphatic carbocycles. The topological polar surface area (TPSA) is 71.1 Å². The molecule has 1 rings (SSSR count). The van der Waals surface area contributed by atoms with Crippen LogP contribution in [0.1, 0.15) is 0 Å². The minimum absolute atomic E-state index is 0. The van der Waals surface area contributed by atoms with E-state index in [1.807, 2.05) is 0 Å². The van der Waals surface area contributed by atoms with Gasteiger partial charge >= 0.3 is 16.5 Å². The van der Waals surface area contributed by atoms with Crippen LogP contribution in [0.5, 0.6) is 0 Å². The van der Waals surface area contributed by atoms with Gasteiger partial charge in [0.15, 0.2) is 13.6 Å². The molecule has 0 atom stereocenters. The molecule has 9 heteroatoms. The number of rotatable bonds is 0. The van der Waals surface area contributed by atoms with Gasteiger partial charge in [-0.05, 0) is 0 Å². The average molecular weight is 211 g/mol. The number of hydrogen-bond acceptors (Lipinski definition) is 6. The molecule has 1 aliphatic rings. The summed E-state index contributed by atoms with van der Waals surface area (Å²) in [6.07, 6.45) is 0. The number of hydrogen-bond donors (Lipinski definition) is 0. The third kappa shape index (κ3) is 5.53. The van der Waals surface area contributed by atoms with Crippen molar-refractivity contribution in [2.45, 2.75) is 0 Å². The van der Waals surface area contributed by atoms with Crippen LogP contribution in [-0.2, 0) is 27.2 Å². The second-order valence-electron chi connectivity index (χ2n) is 1.31. The molecule has 0 spiro atoms. The maximum Gasteiger partial charge on any atom is 0.323 e. The van der Waals surface area contributed by atoms with Gasteiger partial charge in [0, 0.05) is 29.6 Å². The maximum atomic E-state index is 10.4. The smallest absolute Gasteiger partial charge is 0.283 e. The Morgan fingerprint density at radius 1 is 0.818 bits per heavy atom. The zero-order chi connectivity index (χ0) is 7.40. The minimum Gasteiger partial charge on any atom is -0.283 e. The van der Waals surface area contributed by atoms with Crippen LogP contribution in [0.3, 0.4) is 0 Å². The SMILES string of the molecule is O=[PH]1OCO[PH](=O)OCO1.[Na]. The Labute approximate surface area is 86.7 Å². The van der Waals surface area contributed by atoms with E-state index in [0.29, 0.717) is 0 Å². The molecule has 6 nitrogen and oxygen atoms in total. The molecule has 1 heterocycles. The first-order valence-electron chi connectivity index (χ1n) is 2.38. The van der Waals surface area contributed by atoms with E-state index < -0.39 is 16.5 Å². The van der Waals surface area contributed by atoms with Crippen LogP contribution in [0.15, 0.2) is 0 Å². The van der Waals surface area contributed by atoms with E-state index in [2.05, 4.69) is 18.1 Å². The van der Waals surface area contributed by atoms with Gasteiger partial charge in [-0.15, -0.1) is 0 Å². The molecule has 0 N–H and O–H groups in total. The van der Waals surface area contributed by atoms with Gasteiger partial charge in [-0.3, -0.25) is 27.2 Å². The summed E-state index contributed by atoms with van der Waals surface area (Å²) < 4.78 is 38.5. The quantitative estimate of drug-likeness (QED) is 0.426. The first-order chi connectivity index (χ1) is 4.79. The van der Waals surface area contributed by atoms with Crippen molar-refractivity contribution in [1.82, 2.24) is 0 Å². The molecule has 1 saturated heterocycles. The molecule has 1 fully saturated rings. The van der Waals surface area contributed by atoms with Crippen LogP contribution in [0.25, 0.3) is 0 Å². The first kappa shape index (κ1) is 12.3. The van der Waals surface area contributed by atoms with Gasteiger partial charge in [0.1, 0.15) is 0 Å². The molecular formula is C2H6NaO6P2. The molecule has 0 aromatic rings. The normalized spacial score (nSPS) is 33.1. The zero-order valence-electron chi connectivity index (χ0n) is 5.86. The van der Waals surface area contributed by atoms with E-state index in [1.54, 1.807) is 0 Å². The van der Waals surface area contributed by atoms with Crippen LogP contribution in [0, 0.1) is 0 Å². The van der Waals surface area contributed by atoms with E-state index in [4.69, 9.17) is 0 Å². The minimum atomic E-state index is -2.50. The second-order valence-corrected chi connectivity index (χ2v) is 3.47. The summed E-state index contributed by atoms with van der Waals surface area (Å²) in [6, 6.07) is 0. The van der Waals surface area contributed by atoms with Crippen molar-refractivity contribution < 1.29 is 27.2 Å². The summed E-state index contributed by atoms with van der Waals surface area (Å²) in [5, 5.41) is 0. The first-order valence-corrected chi connectivity index (χ1v) is 4.83. The van der Waals surface area contributed by atoms with E-state index in [0.717, 1.165) is 0 Å². The third-order valence-electron chi connectivity index (χ3n) is 0.707. The standard InChI is InChI=1S/C2H6O6P2.Na/c3-9-5-1-6-10(4)8-2-7-9;/h9-10H,1-2H2;. The molecular weight excluding hydrogens is 205 g/mol. The van der Waals surface area contributed by atoms with Crippen molar-refractivity contribution in [2.24, 2.45) is 0 Å². The van der Waals surface area contributed by atoms with Crippen molar-refractivity contribution in [1.29, 1.82) is 0 Å². The Bertz CT molecular complexity index is 131. The van der Waals surface area contributed by atoms with Gasteiger partial charge in [0.05, 0.1) is 0 Å². The van der Waals surface area contributed by atoms with Crippen molar-refractivity contribution in [3.05, 3.63) is 0 Å². The van der Waals surface area contributed by atoms with Crippen molar-refractivity contribution >= 4 is 46.1 Å². The summed E-state index contributed by atoms with van der Waals surface area (Å²) in [4.78, 5) is 0. The van der Waals surface area contributed by atoms with E-state index >= 15 is 0 Å². The van der Waals surface area contributed by atoms with Crippen molar-refractivity contribution in [2.75, 3.05) is 13.6 Å². The predicted molar refractivity (Wildman–Crippen MR) is 37.8 cm³/mol. The molecule has 0 aromatic carbocycles. The molecule has 1 radical (unpaired) electrons. The summed E-state index contributed by atoms with van der Waals surface area (Å²) in [5.74, 6) is 0. The van der Waals surface area contributed by atoms with Crippen LogP contribution >= 0.6 is 16.5 Å². The maximum absolute atomic E-state index is 10.4. The van der Waals surface area contributed by atoms with Crippen molar-refractivity contribution in [3.8, 4) is 0 Å². The molecule has 0 unspecified atom stereocenters. The van der Waals surface area contributed by atoms with Crippen LogP contribution < -0.4 is 0 Å². The van der Waals surface area contributed by atoms with E-state index in [1.165, 1.54) is 0 Å². The summed E-state index contributed by atoms with van der Waals surface area (Å²) in [5.41, 5.74) is 0. The Hall–Kier alpha value is 1.30. The van der Waals surface area contributed by atoms with Gasteiger partial charge in [-0.25, -0.2) is 0 Å². The monoisotopic (exact) mass is 211 g/mol. The van der Waals surface area contributed by atoms with Gasteiger partial charge < -0.3 is 0 Å². The van der Waals surface area contributed by atoms with Crippen LogP contribution in [0.2, 0.25) is 0 Å². The van der Waals surface area contributed by atoms with Crippen LogP contribution in [-0.4, -0.2) is 43.1 Å².